The third-order valence-corrected chi connectivity index (χ3v) is 5.27. The van der Waals surface area contributed by atoms with E-state index in [1.165, 1.54) is 4.68 Å². The molecule has 0 radical (unpaired) electrons. The summed E-state index contributed by atoms with van der Waals surface area (Å²) >= 11 is 0. The molecule has 182 valence electrons. The Morgan fingerprint density at radius 1 is 1.36 bits per heavy atom. The molecule has 1 amide bonds. The van der Waals surface area contributed by atoms with Gasteiger partial charge >= 0.3 is 12.1 Å². The van der Waals surface area contributed by atoms with Crippen LogP contribution >= 0.6 is 0 Å². The lowest BCUT2D eigenvalue weighted by Crippen LogP contribution is -2.27. The number of carboxylic acid groups (broad SMARTS) is 1. The quantitative estimate of drug-likeness (QED) is 0.290. The SMILES string of the molecule is C=C(/C=C\C(=NCC)c1nnn(C)c1NC(=O)OCCC(C)C)O[C@H]1CCC[C@H](C(=O)O)C1. The molecule has 0 aromatic carbocycles. The molecule has 10 heteroatoms. The molecule has 1 aromatic heterocycles. The highest BCUT2D eigenvalue weighted by Crippen LogP contribution is 2.28. The molecule has 10 nitrogen and oxygen atoms in total. The van der Waals surface area contributed by atoms with Crippen molar-refractivity contribution in [2.45, 2.75) is 59.0 Å². The van der Waals surface area contributed by atoms with Crippen LogP contribution in [0.2, 0.25) is 0 Å². The lowest BCUT2D eigenvalue weighted by atomic mass is 9.87. The normalized spacial score (nSPS) is 19.0. The Kier molecular flexibility index (Phi) is 10.1. The maximum absolute atomic E-state index is 12.2. The van der Waals surface area contributed by atoms with Gasteiger partial charge in [-0.3, -0.25) is 15.1 Å². The van der Waals surface area contributed by atoms with Crippen LogP contribution in [0.3, 0.4) is 0 Å². The van der Waals surface area contributed by atoms with Crippen molar-refractivity contribution >= 4 is 23.6 Å². The van der Waals surface area contributed by atoms with Gasteiger partial charge in [0.25, 0.3) is 0 Å². The van der Waals surface area contributed by atoms with Crippen LogP contribution in [0, 0.1) is 11.8 Å². The zero-order valence-electron chi connectivity index (χ0n) is 19.9. The molecule has 1 saturated carbocycles. The fourth-order valence-electron chi connectivity index (χ4n) is 3.47. The lowest BCUT2D eigenvalue weighted by Gasteiger charge is -2.27. The molecule has 2 N–H and O–H groups in total. The van der Waals surface area contributed by atoms with Crippen LogP contribution in [0.1, 0.15) is 58.6 Å². The zero-order valence-corrected chi connectivity index (χ0v) is 19.9. The van der Waals surface area contributed by atoms with Gasteiger partial charge in [0.05, 0.1) is 24.3 Å². The van der Waals surface area contributed by atoms with Crippen LogP contribution in [-0.4, -0.2) is 57.1 Å². The zero-order chi connectivity index (χ0) is 24.4. The first-order valence-electron chi connectivity index (χ1n) is 11.4. The number of hydrogen-bond acceptors (Lipinski definition) is 7. The van der Waals surface area contributed by atoms with Crippen LogP contribution in [0.5, 0.6) is 0 Å². The summed E-state index contributed by atoms with van der Waals surface area (Å²) in [4.78, 5) is 27.9. The lowest BCUT2D eigenvalue weighted by molar-refractivity contribution is -0.144. The first kappa shape index (κ1) is 26.1. The van der Waals surface area contributed by atoms with E-state index in [2.05, 4.69) is 41.0 Å². The van der Waals surface area contributed by atoms with Gasteiger partial charge in [-0.25, -0.2) is 9.48 Å². The molecule has 0 unspecified atom stereocenters. The maximum Gasteiger partial charge on any atom is 0.412 e. The van der Waals surface area contributed by atoms with E-state index in [0.29, 0.717) is 54.9 Å². The molecule has 1 aromatic rings. The number of aryl methyl sites for hydroxylation is 1. The monoisotopic (exact) mass is 461 g/mol. The second-order valence-corrected chi connectivity index (χ2v) is 8.45. The average Bonchev–Trinajstić information content (AvgIpc) is 3.11. The number of carbonyl (C=O) groups excluding carboxylic acids is 1. The number of carbonyl (C=O) groups is 2. The number of anilines is 1. The minimum absolute atomic E-state index is 0.182. The Labute approximate surface area is 194 Å². The van der Waals surface area contributed by atoms with Gasteiger partial charge in [0.1, 0.15) is 5.76 Å². The Balaban J connectivity index is 2.05. The van der Waals surface area contributed by atoms with Crippen molar-refractivity contribution in [3.05, 3.63) is 30.2 Å². The number of aliphatic imine (C=N–C) groups is 1. The molecule has 1 aliphatic rings. The van der Waals surface area contributed by atoms with Gasteiger partial charge in [0.2, 0.25) is 0 Å². The van der Waals surface area contributed by atoms with Gasteiger partial charge in [-0.2, -0.15) is 0 Å². The molecule has 0 bridgehead atoms. The molecule has 0 spiro atoms. The predicted octanol–water partition coefficient (Wildman–Crippen LogP) is 3.95. The Morgan fingerprint density at radius 2 is 2.12 bits per heavy atom. The van der Waals surface area contributed by atoms with Crippen molar-refractivity contribution in [3.63, 3.8) is 0 Å². The third-order valence-electron chi connectivity index (χ3n) is 5.27. The maximum atomic E-state index is 12.2. The highest BCUT2D eigenvalue weighted by atomic mass is 16.5. The summed E-state index contributed by atoms with van der Waals surface area (Å²) in [5.41, 5.74) is 0.896. The number of amides is 1. The van der Waals surface area contributed by atoms with Gasteiger partial charge in [-0.15, -0.1) is 5.10 Å². The molecular weight excluding hydrogens is 426 g/mol. The molecule has 2 rings (SSSR count). The van der Waals surface area contributed by atoms with E-state index < -0.39 is 12.1 Å². The van der Waals surface area contributed by atoms with Crippen molar-refractivity contribution in [1.29, 1.82) is 0 Å². The molecule has 1 heterocycles. The highest BCUT2D eigenvalue weighted by Gasteiger charge is 2.28. The van der Waals surface area contributed by atoms with E-state index in [-0.39, 0.29) is 12.0 Å². The molecular formula is C23H35N5O5. The van der Waals surface area contributed by atoms with Crippen LogP contribution in [0.4, 0.5) is 10.6 Å². The number of carboxylic acids is 1. The third kappa shape index (κ3) is 8.36. The number of ether oxygens (including phenoxy) is 2. The number of aliphatic carboxylic acids is 1. The molecule has 2 atom stereocenters. The molecule has 1 fully saturated rings. The van der Waals surface area contributed by atoms with Crippen molar-refractivity contribution in [3.8, 4) is 0 Å². The molecule has 1 aliphatic carbocycles. The number of nitrogens with zero attached hydrogens (tertiary/aromatic N) is 4. The number of hydrogen-bond donors (Lipinski definition) is 2. The van der Waals surface area contributed by atoms with Gasteiger partial charge < -0.3 is 14.6 Å². The van der Waals surface area contributed by atoms with E-state index in [9.17, 15) is 14.7 Å². The van der Waals surface area contributed by atoms with Crippen molar-refractivity contribution < 1.29 is 24.2 Å². The van der Waals surface area contributed by atoms with E-state index in [1.54, 1.807) is 19.2 Å². The van der Waals surface area contributed by atoms with E-state index in [0.717, 1.165) is 19.3 Å². The van der Waals surface area contributed by atoms with Crippen LogP contribution in [-0.2, 0) is 21.3 Å². The van der Waals surface area contributed by atoms with E-state index in [1.807, 2.05) is 6.92 Å². The van der Waals surface area contributed by atoms with Gasteiger partial charge in [0.15, 0.2) is 11.5 Å². The number of rotatable bonds is 11. The summed E-state index contributed by atoms with van der Waals surface area (Å²) < 4.78 is 12.5. The van der Waals surface area contributed by atoms with Crippen molar-refractivity contribution in [2.75, 3.05) is 18.5 Å². The van der Waals surface area contributed by atoms with Crippen molar-refractivity contribution in [1.82, 2.24) is 15.0 Å². The fourth-order valence-corrected chi connectivity index (χ4v) is 3.47. The first-order valence-corrected chi connectivity index (χ1v) is 11.4. The van der Waals surface area contributed by atoms with E-state index in [4.69, 9.17) is 9.47 Å². The highest BCUT2D eigenvalue weighted by molar-refractivity contribution is 6.11. The molecule has 33 heavy (non-hydrogen) atoms. The smallest absolute Gasteiger partial charge is 0.412 e. The van der Waals surface area contributed by atoms with Crippen LogP contribution in [0.25, 0.3) is 0 Å². The minimum atomic E-state index is -0.785. The van der Waals surface area contributed by atoms with Crippen molar-refractivity contribution in [2.24, 2.45) is 23.9 Å². The summed E-state index contributed by atoms with van der Waals surface area (Å²) in [6, 6.07) is 0. The Hall–Kier alpha value is -3.17. The second-order valence-electron chi connectivity index (χ2n) is 8.45. The molecule has 0 saturated heterocycles. The summed E-state index contributed by atoms with van der Waals surface area (Å²) in [5, 5.41) is 20.1. The summed E-state index contributed by atoms with van der Waals surface area (Å²) in [5.74, 6) is 0.0310. The van der Waals surface area contributed by atoms with E-state index >= 15 is 0 Å². The fraction of sp³-hybridized carbons (Fsp3) is 0.609. The number of aromatic nitrogens is 3. The predicted molar refractivity (Wildman–Crippen MR) is 125 cm³/mol. The topological polar surface area (TPSA) is 128 Å². The average molecular weight is 462 g/mol. The first-order chi connectivity index (χ1) is 15.7. The van der Waals surface area contributed by atoms with Crippen LogP contribution in [0.15, 0.2) is 29.5 Å². The second kappa shape index (κ2) is 12.8. The molecule has 0 aliphatic heterocycles. The van der Waals surface area contributed by atoms with Gasteiger partial charge in [0, 0.05) is 13.6 Å². The summed E-state index contributed by atoms with van der Waals surface area (Å²) in [6.07, 6.45) is 6.11. The largest absolute Gasteiger partial charge is 0.491 e. The van der Waals surface area contributed by atoms with Gasteiger partial charge in [-0.1, -0.05) is 25.6 Å². The number of nitrogens with one attached hydrogen (secondary N) is 1. The summed E-state index contributed by atoms with van der Waals surface area (Å²) in [6.45, 7) is 10.7. The number of allylic oxidation sites excluding steroid dienone is 2. The summed E-state index contributed by atoms with van der Waals surface area (Å²) in [7, 11) is 1.66. The Bertz CT molecular complexity index is 890. The Morgan fingerprint density at radius 3 is 2.79 bits per heavy atom. The standard InChI is InChI=1S/C23H35N5O5/c1-6-24-19(11-10-16(4)33-18-9-7-8-17(14-18)22(29)30)20-21(28(5)27-26-20)25-23(31)32-13-12-15(2)3/h10-11,15,17-18H,4,6-9,12-14H2,1-3,5H3,(H,25,31)(H,29,30)/b11-10-,24-19?/t17-,18-/m0/s1. The van der Waals surface area contributed by atoms with Gasteiger partial charge in [-0.05, 0) is 57.1 Å². The van der Waals surface area contributed by atoms with Crippen LogP contribution < -0.4 is 5.32 Å². The minimum Gasteiger partial charge on any atom is -0.491 e.